The van der Waals surface area contributed by atoms with Gasteiger partial charge in [-0.15, -0.1) is 0 Å². The molecule has 142 valence electrons. The van der Waals surface area contributed by atoms with Gasteiger partial charge in [-0.05, 0) is 12.0 Å². The number of likely N-dealkylation sites (N-methyl/N-ethyl adjacent to an activating group) is 1. The molecule has 1 aromatic carbocycles. The van der Waals surface area contributed by atoms with Gasteiger partial charge in [-0.3, -0.25) is 14.5 Å². The van der Waals surface area contributed by atoms with Crippen LogP contribution in [-0.4, -0.2) is 87.0 Å². The van der Waals surface area contributed by atoms with Gasteiger partial charge in [0.05, 0.1) is 18.6 Å². The Balaban J connectivity index is 1.85. The molecule has 0 radical (unpaired) electrons. The number of benzene rings is 1. The van der Waals surface area contributed by atoms with Crippen molar-refractivity contribution < 1.29 is 14.3 Å². The summed E-state index contributed by atoms with van der Waals surface area (Å²) in [6.45, 7) is 3.71. The highest BCUT2D eigenvalue weighted by atomic mass is 16.5. The molecule has 2 saturated heterocycles. The summed E-state index contributed by atoms with van der Waals surface area (Å²) in [6, 6.07) is 10.3. The van der Waals surface area contributed by atoms with E-state index in [-0.39, 0.29) is 17.7 Å². The van der Waals surface area contributed by atoms with Crippen molar-refractivity contribution in [3.05, 3.63) is 35.9 Å². The van der Waals surface area contributed by atoms with Crippen LogP contribution in [0.3, 0.4) is 0 Å². The maximum absolute atomic E-state index is 13.3. The minimum Gasteiger partial charge on any atom is -0.383 e. The van der Waals surface area contributed by atoms with E-state index in [0.717, 1.165) is 19.5 Å². The summed E-state index contributed by atoms with van der Waals surface area (Å²) >= 11 is 0. The van der Waals surface area contributed by atoms with Crippen molar-refractivity contribution in [2.24, 2.45) is 5.41 Å². The minimum absolute atomic E-state index is 0.0792. The Bertz CT molecular complexity index is 649. The van der Waals surface area contributed by atoms with Gasteiger partial charge < -0.3 is 14.5 Å². The number of nitrogens with zero attached hydrogens (tertiary/aromatic N) is 3. The predicted molar refractivity (Wildman–Crippen MR) is 99.8 cm³/mol. The normalized spacial score (nSPS) is 26.0. The zero-order valence-electron chi connectivity index (χ0n) is 16.0. The fourth-order valence-electron chi connectivity index (χ4n) is 4.31. The van der Waals surface area contributed by atoms with Gasteiger partial charge in [0.2, 0.25) is 11.8 Å². The molecule has 26 heavy (non-hydrogen) atoms. The van der Waals surface area contributed by atoms with Crippen LogP contribution in [0.4, 0.5) is 0 Å². The SMILES string of the molecule is COCCN1CC[C@]2(CN(CC(=O)N(C)C)C[C@H]2c2ccccc2)C1=O. The minimum atomic E-state index is -0.429. The summed E-state index contributed by atoms with van der Waals surface area (Å²) in [5, 5.41) is 0. The summed E-state index contributed by atoms with van der Waals surface area (Å²) in [5.41, 5.74) is 0.760. The quantitative estimate of drug-likeness (QED) is 0.762. The lowest BCUT2D eigenvalue weighted by molar-refractivity contribution is -0.137. The van der Waals surface area contributed by atoms with E-state index in [1.807, 2.05) is 23.1 Å². The molecule has 6 nitrogen and oxygen atoms in total. The molecule has 2 aliphatic heterocycles. The first-order valence-corrected chi connectivity index (χ1v) is 9.23. The predicted octanol–water partition coefficient (Wildman–Crippen LogP) is 1.04. The molecule has 0 aromatic heterocycles. The Kier molecular flexibility index (Phi) is 5.63. The first-order chi connectivity index (χ1) is 12.5. The van der Waals surface area contributed by atoms with E-state index in [2.05, 4.69) is 17.0 Å². The Morgan fingerprint density at radius 2 is 2.04 bits per heavy atom. The number of amides is 2. The van der Waals surface area contributed by atoms with E-state index in [1.165, 1.54) is 5.56 Å². The molecule has 2 heterocycles. The summed E-state index contributed by atoms with van der Waals surface area (Å²) in [6.07, 6.45) is 0.835. The second-order valence-electron chi connectivity index (χ2n) is 7.61. The second kappa shape index (κ2) is 7.76. The lowest BCUT2D eigenvalue weighted by Crippen LogP contribution is -2.41. The Morgan fingerprint density at radius 1 is 1.31 bits per heavy atom. The van der Waals surface area contributed by atoms with Crippen molar-refractivity contribution in [2.75, 3.05) is 60.5 Å². The van der Waals surface area contributed by atoms with Gasteiger partial charge in [-0.2, -0.15) is 0 Å². The number of ether oxygens (including phenoxy) is 1. The smallest absolute Gasteiger partial charge is 0.236 e. The zero-order chi connectivity index (χ0) is 18.7. The van der Waals surface area contributed by atoms with Crippen LogP contribution in [-0.2, 0) is 14.3 Å². The third-order valence-corrected chi connectivity index (χ3v) is 5.78. The summed E-state index contributed by atoms with van der Waals surface area (Å²) in [7, 11) is 5.21. The zero-order valence-corrected chi connectivity index (χ0v) is 16.0. The van der Waals surface area contributed by atoms with Crippen LogP contribution >= 0.6 is 0 Å². The molecule has 0 unspecified atom stereocenters. The number of carbonyl (C=O) groups excluding carboxylic acids is 2. The van der Waals surface area contributed by atoms with Crippen molar-refractivity contribution in [1.82, 2.24) is 14.7 Å². The number of hydrogen-bond acceptors (Lipinski definition) is 4. The number of likely N-dealkylation sites (tertiary alicyclic amines) is 2. The van der Waals surface area contributed by atoms with E-state index < -0.39 is 5.41 Å². The summed E-state index contributed by atoms with van der Waals surface area (Å²) < 4.78 is 5.16. The number of rotatable bonds is 6. The van der Waals surface area contributed by atoms with Crippen LogP contribution in [0, 0.1) is 5.41 Å². The molecule has 0 aliphatic carbocycles. The summed E-state index contributed by atoms with van der Waals surface area (Å²) in [5.74, 6) is 0.414. The van der Waals surface area contributed by atoms with E-state index in [0.29, 0.717) is 26.2 Å². The van der Waals surface area contributed by atoms with Crippen LogP contribution in [0.1, 0.15) is 17.9 Å². The Labute approximate surface area is 155 Å². The van der Waals surface area contributed by atoms with Gasteiger partial charge in [0.25, 0.3) is 0 Å². The molecule has 0 saturated carbocycles. The molecular weight excluding hydrogens is 330 g/mol. The van der Waals surface area contributed by atoms with Crippen LogP contribution in [0.15, 0.2) is 30.3 Å². The molecule has 2 atom stereocenters. The Hall–Kier alpha value is -1.92. The van der Waals surface area contributed by atoms with E-state index in [9.17, 15) is 9.59 Å². The monoisotopic (exact) mass is 359 g/mol. The third kappa shape index (κ3) is 3.48. The van der Waals surface area contributed by atoms with Gasteiger partial charge >= 0.3 is 0 Å². The second-order valence-corrected chi connectivity index (χ2v) is 7.61. The molecule has 3 rings (SSSR count). The highest BCUT2D eigenvalue weighted by Gasteiger charge is 2.57. The van der Waals surface area contributed by atoms with Crippen molar-refractivity contribution in [1.29, 1.82) is 0 Å². The van der Waals surface area contributed by atoms with Gasteiger partial charge in [-0.25, -0.2) is 0 Å². The molecule has 1 aromatic rings. The number of methoxy groups -OCH3 is 1. The van der Waals surface area contributed by atoms with E-state index in [4.69, 9.17) is 4.74 Å². The highest BCUT2D eigenvalue weighted by Crippen LogP contribution is 2.49. The molecule has 2 amide bonds. The first-order valence-electron chi connectivity index (χ1n) is 9.23. The van der Waals surface area contributed by atoms with Gasteiger partial charge in [0.1, 0.15) is 0 Å². The van der Waals surface area contributed by atoms with Crippen molar-refractivity contribution in [3.63, 3.8) is 0 Å². The molecule has 2 aliphatic rings. The van der Waals surface area contributed by atoms with E-state index in [1.54, 1.807) is 26.1 Å². The van der Waals surface area contributed by atoms with Crippen molar-refractivity contribution in [2.45, 2.75) is 12.3 Å². The fraction of sp³-hybridized carbons (Fsp3) is 0.600. The largest absolute Gasteiger partial charge is 0.383 e. The first kappa shape index (κ1) is 18.9. The lowest BCUT2D eigenvalue weighted by atomic mass is 9.73. The molecule has 1 spiro atoms. The molecule has 0 N–H and O–H groups in total. The third-order valence-electron chi connectivity index (χ3n) is 5.78. The average molecular weight is 359 g/mol. The van der Waals surface area contributed by atoms with E-state index >= 15 is 0 Å². The fourth-order valence-corrected chi connectivity index (χ4v) is 4.31. The number of carbonyl (C=O) groups is 2. The molecule has 6 heteroatoms. The van der Waals surface area contributed by atoms with Crippen molar-refractivity contribution >= 4 is 11.8 Å². The lowest BCUT2D eigenvalue weighted by Gasteiger charge is -2.29. The average Bonchev–Trinajstić information content (AvgIpc) is 3.15. The van der Waals surface area contributed by atoms with Crippen LogP contribution in [0.25, 0.3) is 0 Å². The topological polar surface area (TPSA) is 53.1 Å². The maximum Gasteiger partial charge on any atom is 0.236 e. The molecule has 0 bridgehead atoms. The van der Waals surface area contributed by atoms with Gasteiger partial charge in [0.15, 0.2) is 0 Å². The van der Waals surface area contributed by atoms with Crippen molar-refractivity contribution in [3.8, 4) is 0 Å². The molecular formula is C20H29N3O3. The van der Waals surface area contributed by atoms with Gasteiger partial charge in [-0.1, -0.05) is 30.3 Å². The molecule has 2 fully saturated rings. The number of hydrogen-bond donors (Lipinski definition) is 0. The van der Waals surface area contributed by atoms with Gasteiger partial charge in [0, 0.05) is 53.3 Å². The van der Waals surface area contributed by atoms with Crippen LogP contribution in [0.5, 0.6) is 0 Å². The van der Waals surface area contributed by atoms with Crippen LogP contribution < -0.4 is 0 Å². The highest BCUT2D eigenvalue weighted by molar-refractivity contribution is 5.87. The summed E-state index contributed by atoms with van der Waals surface area (Å²) in [4.78, 5) is 31.2. The van der Waals surface area contributed by atoms with Crippen LogP contribution in [0.2, 0.25) is 0 Å². The maximum atomic E-state index is 13.3. The standard InChI is InChI=1S/C20H29N3O3/c1-21(2)18(24)14-22-13-17(16-7-5-4-6-8-16)20(15-22)9-10-23(19(20)25)11-12-26-3/h4-8,17H,9-15H2,1-3H3/t17-,20+/m0/s1. The Morgan fingerprint density at radius 3 is 2.69 bits per heavy atom.